The molecule has 2 aliphatic rings. The highest BCUT2D eigenvalue weighted by molar-refractivity contribution is 5.52. The Morgan fingerprint density at radius 2 is 2.22 bits per heavy atom. The van der Waals surface area contributed by atoms with Crippen molar-refractivity contribution in [2.75, 3.05) is 31.1 Å². The van der Waals surface area contributed by atoms with E-state index in [9.17, 15) is 0 Å². The van der Waals surface area contributed by atoms with Crippen molar-refractivity contribution in [1.29, 1.82) is 0 Å². The quantitative estimate of drug-likeness (QED) is 0.852. The highest BCUT2D eigenvalue weighted by Crippen LogP contribution is 2.26. The van der Waals surface area contributed by atoms with Crippen LogP contribution in [0.1, 0.15) is 24.8 Å². The van der Waals surface area contributed by atoms with Crippen LogP contribution in [0.5, 0.6) is 0 Å². The van der Waals surface area contributed by atoms with Crippen LogP contribution in [0.4, 0.5) is 5.69 Å². The number of nitrogens with two attached hydrogens (primary N) is 1. The number of piperidine rings is 1. The number of fused-ring (bicyclic) bond motifs is 1. The van der Waals surface area contributed by atoms with E-state index in [0.29, 0.717) is 6.54 Å². The molecule has 0 radical (unpaired) electrons. The molecule has 1 unspecified atom stereocenters. The van der Waals surface area contributed by atoms with E-state index in [0.717, 1.165) is 19.1 Å². The lowest BCUT2D eigenvalue weighted by Gasteiger charge is -2.45. The lowest BCUT2D eigenvalue weighted by molar-refractivity contribution is 0.133. The summed E-state index contributed by atoms with van der Waals surface area (Å²) in [5.41, 5.74) is 8.27. The second-order valence-electron chi connectivity index (χ2n) is 5.34. The van der Waals surface area contributed by atoms with Crippen molar-refractivity contribution in [1.82, 2.24) is 9.88 Å². The van der Waals surface area contributed by atoms with Crippen LogP contribution in [-0.2, 0) is 6.54 Å². The first-order valence-corrected chi connectivity index (χ1v) is 7.00. The first-order valence-electron chi connectivity index (χ1n) is 7.00. The van der Waals surface area contributed by atoms with E-state index in [1.807, 2.05) is 12.4 Å². The van der Waals surface area contributed by atoms with Crippen LogP contribution in [0.25, 0.3) is 0 Å². The molecule has 0 spiro atoms. The van der Waals surface area contributed by atoms with Crippen LogP contribution in [0.2, 0.25) is 0 Å². The van der Waals surface area contributed by atoms with Crippen molar-refractivity contribution in [2.45, 2.75) is 31.8 Å². The zero-order valence-electron chi connectivity index (χ0n) is 10.9. The van der Waals surface area contributed by atoms with Crippen molar-refractivity contribution in [2.24, 2.45) is 5.73 Å². The lowest BCUT2D eigenvalue weighted by atomic mass is 9.99. The summed E-state index contributed by atoms with van der Waals surface area (Å²) in [5, 5.41) is 0. The van der Waals surface area contributed by atoms with Crippen molar-refractivity contribution >= 4 is 5.69 Å². The minimum Gasteiger partial charge on any atom is -0.368 e. The number of anilines is 1. The molecular weight excluding hydrogens is 224 g/mol. The molecule has 98 valence electrons. The molecule has 2 N–H and O–H groups in total. The second kappa shape index (κ2) is 5.24. The van der Waals surface area contributed by atoms with Gasteiger partial charge in [-0.25, -0.2) is 0 Å². The Kier molecular flexibility index (Phi) is 3.48. The highest BCUT2D eigenvalue weighted by Gasteiger charge is 2.29. The summed E-state index contributed by atoms with van der Waals surface area (Å²) < 4.78 is 0. The molecule has 0 aliphatic carbocycles. The Hall–Kier alpha value is -1.13. The zero-order valence-corrected chi connectivity index (χ0v) is 10.9. The topological polar surface area (TPSA) is 45.4 Å². The minimum absolute atomic E-state index is 0.577. The third kappa shape index (κ3) is 2.22. The first kappa shape index (κ1) is 11.9. The van der Waals surface area contributed by atoms with Crippen LogP contribution >= 0.6 is 0 Å². The Balaban J connectivity index is 1.77. The van der Waals surface area contributed by atoms with Gasteiger partial charge in [-0.15, -0.1) is 0 Å². The zero-order chi connectivity index (χ0) is 12.4. The van der Waals surface area contributed by atoms with E-state index in [-0.39, 0.29) is 0 Å². The molecule has 4 nitrogen and oxygen atoms in total. The summed E-state index contributed by atoms with van der Waals surface area (Å²) in [5.74, 6) is 0. The standard InChI is InChI=1S/C14H22N4/c15-9-12-10-16-5-4-14(12)18-8-7-17-6-2-1-3-13(17)11-18/h4-5,10,13H,1-3,6-9,11,15H2. The van der Waals surface area contributed by atoms with Crippen molar-refractivity contribution in [3.05, 3.63) is 24.0 Å². The maximum absolute atomic E-state index is 5.81. The number of hydrogen-bond acceptors (Lipinski definition) is 4. The van der Waals surface area contributed by atoms with E-state index in [1.165, 1.54) is 43.6 Å². The number of hydrogen-bond donors (Lipinski definition) is 1. The molecule has 0 aromatic carbocycles. The second-order valence-corrected chi connectivity index (χ2v) is 5.34. The SMILES string of the molecule is NCc1cnccc1N1CCN2CCCCC2C1. The van der Waals surface area contributed by atoms with Gasteiger partial charge in [0, 0.05) is 55.9 Å². The first-order chi connectivity index (χ1) is 8.88. The van der Waals surface area contributed by atoms with Gasteiger partial charge in [0.15, 0.2) is 0 Å². The minimum atomic E-state index is 0.577. The van der Waals surface area contributed by atoms with Crippen LogP contribution < -0.4 is 10.6 Å². The van der Waals surface area contributed by atoms with Gasteiger partial charge in [-0.2, -0.15) is 0 Å². The molecule has 1 aromatic heterocycles. The maximum Gasteiger partial charge on any atom is 0.0443 e. The molecule has 2 saturated heterocycles. The smallest absolute Gasteiger partial charge is 0.0443 e. The van der Waals surface area contributed by atoms with Crippen LogP contribution in [0, 0.1) is 0 Å². The summed E-state index contributed by atoms with van der Waals surface area (Å²) in [4.78, 5) is 9.33. The van der Waals surface area contributed by atoms with E-state index in [1.54, 1.807) is 0 Å². The third-order valence-corrected chi connectivity index (χ3v) is 4.28. The Morgan fingerprint density at radius 1 is 1.28 bits per heavy atom. The molecule has 3 rings (SSSR count). The average molecular weight is 246 g/mol. The van der Waals surface area contributed by atoms with Crippen LogP contribution in [0.15, 0.2) is 18.5 Å². The van der Waals surface area contributed by atoms with Crippen molar-refractivity contribution in [3.8, 4) is 0 Å². The van der Waals surface area contributed by atoms with Gasteiger partial charge in [-0.05, 0) is 25.5 Å². The predicted molar refractivity (Wildman–Crippen MR) is 73.6 cm³/mol. The molecular formula is C14H22N4. The summed E-state index contributed by atoms with van der Waals surface area (Å²) in [6.07, 6.45) is 7.89. The number of rotatable bonds is 2. The number of aromatic nitrogens is 1. The van der Waals surface area contributed by atoms with E-state index < -0.39 is 0 Å². The van der Waals surface area contributed by atoms with Gasteiger partial charge < -0.3 is 10.6 Å². The predicted octanol–water partition coefficient (Wildman–Crippen LogP) is 1.21. The highest BCUT2D eigenvalue weighted by atomic mass is 15.3. The monoisotopic (exact) mass is 246 g/mol. The number of piperazine rings is 1. The Morgan fingerprint density at radius 3 is 3.11 bits per heavy atom. The third-order valence-electron chi connectivity index (χ3n) is 4.28. The molecule has 2 fully saturated rings. The van der Waals surface area contributed by atoms with Gasteiger partial charge in [0.25, 0.3) is 0 Å². The lowest BCUT2D eigenvalue weighted by Crippen LogP contribution is -2.55. The fourth-order valence-corrected chi connectivity index (χ4v) is 3.26. The van der Waals surface area contributed by atoms with Gasteiger partial charge in [0.1, 0.15) is 0 Å². The normalized spacial score (nSPS) is 24.9. The molecule has 4 heteroatoms. The molecule has 1 aromatic rings. The van der Waals surface area contributed by atoms with Gasteiger partial charge in [0.05, 0.1) is 0 Å². The molecule has 2 aliphatic heterocycles. The van der Waals surface area contributed by atoms with Crippen molar-refractivity contribution in [3.63, 3.8) is 0 Å². The van der Waals surface area contributed by atoms with Gasteiger partial charge in [0.2, 0.25) is 0 Å². The van der Waals surface area contributed by atoms with Crippen molar-refractivity contribution < 1.29 is 0 Å². The summed E-state index contributed by atoms with van der Waals surface area (Å²) in [6.45, 7) is 5.33. The van der Waals surface area contributed by atoms with Gasteiger partial charge >= 0.3 is 0 Å². The van der Waals surface area contributed by atoms with Gasteiger partial charge in [-0.3, -0.25) is 9.88 Å². The summed E-state index contributed by atoms with van der Waals surface area (Å²) in [6, 6.07) is 2.85. The maximum atomic E-state index is 5.81. The molecule has 1 atom stereocenters. The molecule has 3 heterocycles. The molecule has 0 bridgehead atoms. The number of pyridine rings is 1. The fourth-order valence-electron chi connectivity index (χ4n) is 3.26. The van der Waals surface area contributed by atoms with E-state index in [4.69, 9.17) is 5.73 Å². The summed E-state index contributed by atoms with van der Waals surface area (Å²) >= 11 is 0. The molecule has 0 amide bonds. The Labute approximate surface area is 109 Å². The number of nitrogens with zero attached hydrogens (tertiary/aromatic N) is 3. The Bertz CT molecular complexity index is 407. The van der Waals surface area contributed by atoms with E-state index in [2.05, 4.69) is 20.9 Å². The largest absolute Gasteiger partial charge is 0.368 e. The molecule has 18 heavy (non-hydrogen) atoms. The van der Waals surface area contributed by atoms with Crippen LogP contribution in [-0.4, -0.2) is 42.1 Å². The molecule has 0 saturated carbocycles. The fraction of sp³-hybridized carbons (Fsp3) is 0.643. The van der Waals surface area contributed by atoms with Gasteiger partial charge in [-0.1, -0.05) is 6.42 Å². The van der Waals surface area contributed by atoms with Crippen LogP contribution in [0.3, 0.4) is 0 Å². The van der Waals surface area contributed by atoms with E-state index >= 15 is 0 Å². The average Bonchev–Trinajstić information content (AvgIpc) is 2.46. The summed E-state index contributed by atoms with van der Waals surface area (Å²) in [7, 11) is 0.